The third-order valence-electron chi connectivity index (χ3n) is 3.90. The maximum Gasteiger partial charge on any atom is 0.129 e. The molecule has 0 saturated heterocycles. The van der Waals surface area contributed by atoms with Crippen molar-refractivity contribution < 1.29 is 9.50 Å². The number of hydrogen-bond donors (Lipinski definition) is 1. The number of aliphatic hydroxyl groups excluding tert-OH is 1. The van der Waals surface area contributed by atoms with Gasteiger partial charge in [0.15, 0.2) is 0 Å². The fraction of sp³-hybridized carbons (Fsp3) is 0.600. The van der Waals surface area contributed by atoms with Crippen LogP contribution in [-0.4, -0.2) is 29.2 Å². The predicted octanol–water partition coefficient (Wildman–Crippen LogP) is 3.61. The van der Waals surface area contributed by atoms with E-state index in [1.807, 2.05) is 0 Å². The Hall–Kier alpha value is -0.640. The van der Waals surface area contributed by atoms with Gasteiger partial charge in [0, 0.05) is 29.7 Å². The molecule has 0 atom stereocenters. The lowest BCUT2D eigenvalue weighted by Gasteiger charge is -2.34. The minimum atomic E-state index is -0.258. The molecule has 0 aromatic heterocycles. The van der Waals surface area contributed by atoms with E-state index in [-0.39, 0.29) is 12.4 Å². The molecular weight excluding hydrogens is 265 g/mol. The summed E-state index contributed by atoms with van der Waals surface area (Å²) >= 11 is 6.08. The van der Waals surface area contributed by atoms with Gasteiger partial charge in [0.25, 0.3) is 0 Å². The summed E-state index contributed by atoms with van der Waals surface area (Å²) in [6.07, 6.45) is 5.98. The smallest absolute Gasteiger partial charge is 0.129 e. The average molecular weight is 286 g/mol. The molecule has 0 spiro atoms. The van der Waals surface area contributed by atoms with E-state index in [4.69, 9.17) is 11.6 Å². The maximum absolute atomic E-state index is 13.8. The second kappa shape index (κ2) is 7.22. The highest BCUT2D eigenvalue weighted by atomic mass is 35.5. The second-order valence-electron chi connectivity index (χ2n) is 5.19. The van der Waals surface area contributed by atoms with Gasteiger partial charge in [-0.25, -0.2) is 4.39 Å². The minimum absolute atomic E-state index is 0.0998. The summed E-state index contributed by atoms with van der Waals surface area (Å²) in [5, 5.41) is 9.69. The molecule has 1 aliphatic carbocycles. The monoisotopic (exact) mass is 285 g/mol. The van der Waals surface area contributed by atoms with E-state index in [9.17, 15) is 9.50 Å². The lowest BCUT2D eigenvalue weighted by molar-refractivity contribution is 0.116. The topological polar surface area (TPSA) is 23.5 Å². The van der Waals surface area contributed by atoms with Gasteiger partial charge in [0.1, 0.15) is 5.82 Å². The normalized spacial score (nSPS) is 17.1. The molecule has 0 radical (unpaired) electrons. The van der Waals surface area contributed by atoms with E-state index in [0.717, 1.165) is 12.8 Å². The van der Waals surface area contributed by atoms with Gasteiger partial charge in [-0.1, -0.05) is 36.9 Å². The molecular formula is C15H21ClFNO. The van der Waals surface area contributed by atoms with Gasteiger partial charge < -0.3 is 5.11 Å². The molecule has 1 aromatic rings. The Morgan fingerprint density at radius 3 is 2.63 bits per heavy atom. The largest absolute Gasteiger partial charge is 0.395 e. The quantitative estimate of drug-likeness (QED) is 0.893. The highest BCUT2D eigenvalue weighted by Crippen LogP contribution is 2.26. The standard InChI is InChI=1S/C15H21ClFNO/c16-14-7-4-8-15(17)13(14)11-18(9-10-19)12-5-2-1-3-6-12/h4,7-8,12,19H,1-3,5-6,9-11H2. The van der Waals surface area contributed by atoms with Crippen LogP contribution in [0.3, 0.4) is 0 Å². The summed E-state index contributed by atoms with van der Waals surface area (Å²) in [6.45, 7) is 1.16. The molecule has 4 heteroatoms. The van der Waals surface area contributed by atoms with Crippen molar-refractivity contribution in [3.8, 4) is 0 Å². The first kappa shape index (κ1) is 14.8. The van der Waals surface area contributed by atoms with E-state index >= 15 is 0 Å². The summed E-state index contributed by atoms with van der Waals surface area (Å²) in [7, 11) is 0. The molecule has 0 amide bonds. The van der Waals surface area contributed by atoms with E-state index in [1.54, 1.807) is 12.1 Å². The third kappa shape index (κ3) is 3.91. The summed E-state index contributed by atoms with van der Waals surface area (Å²) in [5.74, 6) is -0.258. The number of benzene rings is 1. The molecule has 0 unspecified atom stereocenters. The number of halogens is 2. The zero-order valence-corrected chi connectivity index (χ0v) is 11.9. The molecule has 19 heavy (non-hydrogen) atoms. The zero-order valence-electron chi connectivity index (χ0n) is 11.1. The number of hydrogen-bond acceptors (Lipinski definition) is 2. The van der Waals surface area contributed by atoms with Crippen LogP contribution in [0.15, 0.2) is 18.2 Å². The van der Waals surface area contributed by atoms with Gasteiger partial charge in [-0.3, -0.25) is 4.90 Å². The Balaban J connectivity index is 2.11. The molecule has 1 aromatic carbocycles. The lowest BCUT2D eigenvalue weighted by Crippen LogP contribution is -2.38. The molecule has 2 rings (SSSR count). The molecule has 2 nitrogen and oxygen atoms in total. The van der Waals surface area contributed by atoms with Crippen LogP contribution < -0.4 is 0 Å². The van der Waals surface area contributed by atoms with Crippen molar-refractivity contribution in [3.63, 3.8) is 0 Å². The molecule has 1 aliphatic rings. The SMILES string of the molecule is OCCN(Cc1c(F)cccc1Cl)C1CCCCC1. The first-order valence-corrected chi connectivity index (χ1v) is 7.38. The van der Waals surface area contributed by atoms with Crippen LogP contribution in [0, 0.1) is 5.82 Å². The van der Waals surface area contributed by atoms with Crippen LogP contribution in [0.5, 0.6) is 0 Å². The Morgan fingerprint density at radius 1 is 1.26 bits per heavy atom. The van der Waals surface area contributed by atoms with Crippen LogP contribution in [-0.2, 0) is 6.54 Å². The van der Waals surface area contributed by atoms with Crippen molar-refractivity contribution >= 4 is 11.6 Å². The fourth-order valence-electron chi connectivity index (χ4n) is 2.85. The van der Waals surface area contributed by atoms with E-state index < -0.39 is 0 Å². The van der Waals surface area contributed by atoms with Crippen molar-refractivity contribution in [1.29, 1.82) is 0 Å². The van der Waals surface area contributed by atoms with Crippen molar-refractivity contribution in [3.05, 3.63) is 34.6 Å². The van der Waals surface area contributed by atoms with Crippen molar-refractivity contribution in [2.24, 2.45) is 0 Å². The molecule has 0 aliphatic heterocycles. The molecule has 1 fully saturated rings. The van der Waals surface area contributed by atoms with E-state index in [0.29, 0.717) is 29.7 Å². The third-order valence-corrected chi connectivity index (χ3v) is 4.26. The van der Waals surface area contributed by atoms with Crippen LogP contribution in [0.2, 0.25) is 5.02 Å². The van der Waals surface area contributed by atoms with Gasteiger partial charge in [-0.15, -0.1) is 0 Å². The molecule has 106 valence electrons. The Kier molecular flexibility index (Phi) is 5.61. The first-order valence-electron chi connectivity index (χ1n) is 7.00. The number of aliphatic hydroxyl groups is 1. The van der Waals surface area contributed by atoms with Crippen molar-refractivity contribution in [2.45, 2.75) is 44.7 Å². The highest BCUT2D eigenvalue weighted by Gasteiger charge is 2.22. The highest BCUT2D eigenvalue weighted by molar-refractivity contribution is 6.31. The fourth-order valence-corrected chi connectivity index (χ4v) is 3.07. The molecule has 1 N–H and O–H groups in total. The minimum Gasteiger partial charge on any atom is -0.395 e. The number of nitrogens with zero attached hydrogens (tertiary/aromatic N) is 1. The van der Waals surface area contributed by atoms with Crippen LogP contribution in [0.1, 0.15) is 37.7 Å². The predicted molar refractivity (Wildman–Crippen MR) is 75.8 cm³/mol. The van der Waals surface area contributed by atoms with Gasteiger partial charge in [0.2, 0.25) is 0 Å². The summed E-state index contributed by atoms with van der Waals surface area (Å²) in [6, 6.07) is 5.23. The van der Waals surface area contributed by atoms with E-state index in [2.05, 4.69) is 4.90 Å². The van der Waals surface area contributed by atoms with Gasteiger partial charge in [-0.05, 0) is 25.0 Å². The zero-order chi connectivity index (χ0) is 13.7. The van der Waals surface area contributed by atoms with Crippen LogP contribution in [0.4, 0.5) is 4.39 Å². The lowest BCUT2D eigenvalue weighted by atomic mass is 9.94. The summed E-state index contributed by atoms with van der Waals surface area (Å²) in [5.41, 5.74) is 0.545. The Labute approximate surface area is 119 Å². The van der Waals surface area contributed by atoms with E-state index in [1.165, 1.54) is 25.3 Å². The Morgan fingerprint density at radius 2 is 2.00 bits per heavy atom. The maximum atomic E-state index is 13.8. The number of rotatable bonds is 5. The van der Waals surface area contributed by atoms with Crippen molar-refractivity contribution in [1.82, 2.24) is 4.90 Å². The Bertz CT molecular complexity index is 387. The second-order valence-corrected chi connectivity index (χ2v) is 5.59. The van der Waals surface area contributed by atoms with Gasteiger partial charge in [0.05, 0.1) is 6.61 Å². The van der Waals surface area contributed by atoms with Gasteiger partial charge in [-0.2, -0.15) is 0 Å². The van der Waals surface area contributed by atoms with Crippen molar-refractivity contribution in [2.75, 3.05) is 13.2 Å². The molecule has 0 heterocycles. The average Bonchev–Trinajstić information content (AvgIpc) is 2.43. The van der Waals surface area contributed by atoms with Crippen LogP contribution >= 0.6 is 11.6 Å². The van der Waals surface area contributed by atoms with Crippen LogP contribution in [0.25, 0.3) is 0 Å². The summed E-state index contributed by atoms with van der Waals surface area (Å²) in [4.78, 5) is 2.17. The first-order chi connectivity index (χ1) is 9.22. The summed E-state index contributed by atoms with van der Waals surface area (Å²) < 4.78 is 13.8. The molecule has 1 saturated carbocycles. The molecule has 0 bridgehead atoms. The van der Waals surface area contributed by atoms with Gasteiger partial charge >= 0.3 is 0 Å².